The van der Waals surface area contributed by atoms with Crippen molar-refractivity contribution in [1.82, 2.24) is 0 Å². The summed E-state index contributed by atoms with van der Waals surface area (Å²) >= 11 is 0. The van der Waals surface area contributed by atoms with Crippen LogP contribution in [-0.4, -0.2) is 17.1 Å². The van der Waals surface area contributed by atoms with Crippen LogP contribution in [0.25, 0.3) is 0 Å². The summed E-state index contributed by atoms with van der Waals surface area (Å²) in [5, 5.41) is 11.3. The largest absolute Gasteiger partial charge is 0.409 e. The summed E-state index contributed by atoms with van der Waals surface area (Å²) < 4.78 is 19.3. The van der Waals surface area contributed by atoms with E-state index in [1.807, 2.05) is 20.8 Å². The van der Waals surface area contributed by atoms with Crippen LogP contribution >= 0.6 is 0 Å². The molecule has 1 atom stereocenters. The van der Waals surface area contributed by atoms with Gasteiger partial charge in [-0.15, -0.1) is 0 Å². The maximum Gasteiger partial charge on any atom is 0.170 e. The Balaban J connectivity index is 2.74. The van der Waals surface area contributed by atoms with Gasteiger partial charge in [-0.1, -0.05) is 31.1 Å². The lowest BCUT2D eigenvalue weighted by Crippen LogP contribution is -2.16. The van der Waals surface area contributed by atoms with Gasteiger partial charge in [0.1, 0.15) is 5.82 Å². The number of benzene rings is 1. The van der Waals surface area contributed by atoms with E-state index in [-0.39, 0.29) is 18.5 Å². The first-order chi connectivity index (χ1) is 8.45. The lowest BCUT2D eigenvalue weighted by Gasteiger charge is -2.16. The van der Waals surface area contributed by atoms with Crippen LogP contribution in [0.3, 0.4) is 0 Å². The van der Waals surface area contributed by atoms with E-state index in [0.717, 1.165) is 0 Å². The van der Waals surface area contributed by atoms with Gasteiger partial charge in [-0.2, -0.15) is 0 Å². The fourth-order valence-corrected chi connectivity index (χ4v) is 1.30. The molecule has 0 aliphatic heterocycles. The summed E-state index contributed by atoms with van der Waals surface area (Å²) in [6.07, 6.45) is 0.0631. The van der Waals surface area contributed by atoms with E-state index in [1.54, 1.807) is 12.1 Å². The smallest absolute Gasteiger partial charge is 0.170 e. The molecule has 100 valence electrons. The van der Waals surface area contributed by atoms with E-state index in [9.17, 15) is 4.39 Å². The molecular weight excluding hydrogens is 235 g/mol. The van der Waals surface area contributed by atoms with Crippen LogP contribution in [0, 0.1) is 11.7 Å². The van der Waals surface area contributed by atoms with Gasteiger partial charge in [-0.3, -0.25) is 0 Å². The van der Waals surface area contributed by atoms with Crippen molar-refractivity contribution >= 4 is 5.84 Å². The second-order valence-electron chi connectivity index (χ2n) is 4.55. The van der Waals surface area contributed by atoms with Gasteiger partial charge in [-0.25, -0.2) is 4.39 Å². The molecule has 1 rings (SSSR count). The average Bonchev–Trinajstić information content (AvgIpc) is 2.35. The number of halogens is 1. The number of oxime groups is 1. The summed E-state index contributed by atoms with van der Waals surface area (Å²) in [6.45, 7) is 6.25. The number of ether oxygens (including phenoxy) is 1. The van der Waals surface area contributed by atoms with Crippen LogP contribution in [0.5, 0.6) is 0 Å². The van der Waals surface area contributed by atoms with Crippen LogP contribution in [0.2, 0.25) is 0 Å². The average molecular weight is 254 g/mol. The molecule has 0 saturated heterocycles. The van der Waals surface area contributed by atoms with Crippen molar-refractivity contribution < 1.29 is 14.3 Å². The third-order valence-electron chi connectivity index (χ3n) is 2.90. The lowest BCUT2D eigenvalue weighted by atomic mass is 10.1. The van der Waals surface area contributed by atoms with Crippen molar-refractivity contribution in [3.05, 3.63) is 35.1 Å². The molecule has 5 heteroatoms. The van der Waals surface area contributed by atoms with E-state index in [0.29, 0.717) is 17.0 Å². The van der Waals surface area contributed by atoms with Gasteiger partial charge in [0.15, 0.2) is 5.84 Å². The van der Waals surface area contributed by atoms with Crippen LogP contribution in [-0.2, 0) is 11.3 Å². The second kappa shape index (κ2) is 6.35. The Morgan fingerprint density at radius 3 is 2.61 bits per heavy atom. The molecule has 0 radical (unpaired) electrons. The highest BCUT2D eigenvalue weighted by molar-refractivity contribution is 5.97. The van der Waals surface area contributed by atoms with Gasteiger partial charge >= 0.3 is 0 Å². The SMILES string of the molecule is CC(C)C(C)OCc1ccc(C(N)=NO)cc1F. The van der Waals surface area contributed by atoms with E-state index in [4.69, 9.17) is 15.7 Å². The normalized spacial score (nSPS) is 13.9. The maximum absolute atomic E-state index is 13.7. The molecule has 3 N–H and O–H groups in total. The monoisotopic (exact) mass is 254 g/mol. The Morgan fingerprint density at radius 2 is 2.11 bits per heavy atom. The molecule has 0 spiro atoms. The third-order valence-corrected chi connectivity index (χ3v) is 2.90. The zero-order chi connectivity index (χ0) is 13.7. The van der Waals surface area contributed by atoms with Crippen molar-refractivity contribution in [2.45, 2.75) is 33.5 Å². The number of amidine groups is 1. The fourth-order valence-electron chi connectivity index (χ4n) is 1.30. The van der Waals surface area contributed by atoms with Gasteiger partial charge in [-0.05, 0) is 18.9 Å². The van der Waals surface area contributed by atoms with Crippen molar-refractivity contribution in [3.8, 4) is 0 Å². The Bertz CT molecular complexity index is 433. The molecule has 4 nitrogen and oxygen atoms in total. The molecule has 1 aromatic rings. The Hall–Kier alpha value is -1.62. The second-order valence-corrected chi connectivity index (χ2v) is 4.55. The van der Waals surface area contributed by atoms with Gasteiger partial charge in [0.05, 0.1) is 12.7 Å². The van der Waals surface area contributed by atoms with Crippen LogP contribution < -0.4 is 5.73 Å². The van der Waals surface area contributed by atoms with E-state index in [1.165, 1.54) is 6.07 Å². The first kappa shape index (κ1) is 14.4. The summed E-state index contributed by atoms with van der Waals surface area (Å²) in [4.78, 5) is 0. The molecule has 0 saturated carbocycles. The molecule has 0 fully saturated rings. The Labute approximate surface area is 106 Å². The summed E-state index contributed by atoms with van der Waals surface area (Å²) in [7, 11) is 0. The van der Waals surface area contributed by atoms with Crippen molar-refractivity contribution in [1.29, 1.82) is 0 Å². The number of rotatable bonds is 5. The minimum absolute atomic E-state index is 0.0631. The minimum atomic E-state index is -0.421. The summed E-state index contributed by atoms with van der Waals surface area (Å²) in [5.41, 5.74) is 6.18. The topological polar surface area (TPSA) is 67.8 Å². The third kappa shape index (κ3) is 3.70. The molecule has 1 unspecified atom stereocenters. The van der Waals surface area contributed by atoms with Gasteiger partial charge in [0, 0.05) is 11.1 Å². The highest BCUT2D eigenvalue weighted by Crippen LogP contribution is 2.14. The zero-order valence-electron chi connectivity index (χ0n) is 10.9. The van der Waals surface area contributed by atoms with Gasteiger partial charge < -0.3 is 15.7 Å². The number of hydrogen-bond acceptors (Lipinski definition) is 3. The molecule has 1 aromatic carbocycles. The quantitative estimate of drug-likeness (QED) is 0.367. The number of nitrogens with two attached hydrogens (primary N) is 1. The standard InChI is InChI=1S/C13H19FN2O2/c1-8(2)9(3)18-7-11-5-4-10(6-12(11)14)13(15)16-17/h4-6,8-9,17H,7H2,1-3H3,(H2,15,16). The predicted octanol–water partition coefficient (Wildman–Crippen LogP) is 2.48. The number of hydrogen-bond donors (Lipinski definition) is 2. The first-order valence-corrected chi connectivity index (χ1v) is 5.83. The fraction of sp³-hybridized carbons (Fsp3) is 0.462. The maximum atomic E-state index is 13.7. The Kier molecular flexibility index (Phi) is 5.09. The van der Waals surface area contributed by atoms with Gasteiger partial charge in [0.25, 0.3) is 0 Å². The summed E-state index contributed by atoms with van der Waals surface area (Å²) in [6, 6.07) is 4.40. The molecule has 0 aliphatic carbocycles. The highest BCUT2D eigenvalue weighted by atomic mass is 19.1. The Morgan fingerprint density at radius 1 is 1.44 bits per heavy atom. The summed E-state index contributed by atoms with van der Waals surface area (Å²) in [5.74, 6) is -0.156. The van der Waals surface area contributed by atoms with Crippen molar-refractivity contribution in [3.63, 3.8) is 0 Å². The van der Waals surface area contributed by atoms with Gasteiger partial charge in [0.2, 0.25) is 0 Å². The van der Waals surface area contributed by atoms with E-state index >= 15 is 0 Å². The van der Waals surface area contributed by atoms with E-state index < -0.39 is 5.82 Å². The molecule has 0 amide bonds. The molecule has 0 heterocycles. The molecule has 0 bridgehead atoms. The minimum Gasteiger partial charge on any atom is -0.409 e. The predicted molar refractivity (Wildman–Crippen MR) is 68.0 cm³/mol. The van der Waals surface area contributed by atoms with E-state index in [2.05, 4.69) is 5.16 Å². The molecule has 0 aliphatic rings. The van der Waals surface area contributed by atoms with Crippen LogP contribution in [0.1, 0.15) is 31.9 Å². The van der Waals surface area contributed by atoms with Crippen molar-refractivity contribution in [2.75, 3.05) is 0 Å². The first-order valence-electron chi connectivity index (χ1n) is 5.83. The van der Waals surface area contributed by atoms with Crippen LogP contribution in [0.4, 0.5) is 4.39 Å². The lowest BCUT2D eigenvalue weighted by molar-refractivity contribution is 0.0221. The molecule has 0 aromatic heterocycles. The van der Waals surface area contributed by atoms with Crippen LogP contribution in [0.15, 0.2) is 23.4 Å². The molecular formula is C13H19FN2O2. The van der Waals surface area contributed by atoms with Crippen molar-refractivity contribution in [2.24, 2.45) is 16.8 Å². The highest BCUT2D eigenvalue weighted by Gasteiger charge is 2.10. The zero-order valence-corrected chi connectivity index (χ0v) is 10.9. The molecule has 18 heavy (non-hydrogen) atoms. The number of nitrogens with zero attached hydrogens (tertiary/aromatic N) is 1.